The lowest BCUT2D eigenvalue weighted by Gasteiger charge is -2.27. The molecule has 0 aromatic heterocycles. The zero-order chi connectivity index (χ0) is 65.1. The highest BCUT2D eigenvalue weighted by Crippen LogP contribution is 2.15. The Hall–Kier alpha value is -8.05. The maximum absolute atomic E-state index is 14.2. The van der Waals surface area contributed by atoms with E-state index in [0.29, 0.717) is 32.2 Å². The second kappa shape index (κ2) is 40.5. The van der Waals surface area contributed by atoms with Crippen LogP contribution in [0.3, 0.4) is 0 Å². The quantitative estimate of drug-likeness (QED) is 0.0284. The van der Waals surface area contributed by atoms with Crippen molar-refractivity contribution in [2.24, 2.45) is 34.8 Å². The third-order valence-electron chi connectivity index (χ3n) is 15.1. The van der Waals surface area contributed by atoms with Crippen LogP contribution in [0.25, 0.3) is 0 Å². The molecule has 0 aliphatic heterocycles. The number of nitrogens with one attached hydrogen (secondary N) is 8. The molecule has 486 valence electrons. The van der Waals surface area contributed by atoms with Crippen molar-refractivity contribution in [3.63, 3.8) is 0 Å². The minimum absolute atomic E-state index is 0.0491. The number of carboxylic acid groups (broad SMARTS) is 1. The summed E-state index contributed by atoms with van der Waals surface area (Å²) in [7, 11) is 0. The molecule has 4 rings (SSSR count). The molecule has 0 heterocycles. The smallest absolute Gasteiger partial charge is 0.326 e. The predicted molar refractivity (Wildman–Crippen MR) is 344 cm³/mol. The average Bonchev–Trinajstić information content (AvgIpc) is 3.72. The average molecular weight is 1230 g/mol. The van der Waals surface area contributed by atoms with Gasteiger partial charge in [0.2, 0.25) is 47.3 Å². The number of benzene rings is 4. The summed E-state index contributed by atoms with van der Waals surface area (Å²) < 4.78 is 0. The maximum Gasteiger partial charge on any atom is 0.326 e. The summed E-state index contributed by atoms with van der Waals surface area (Å²) in [5.41, 5.74) is 27.6. The molecule has 4 aromatic rings. The first-order valence-electron chi connectivity index (χ1n) is 31.4. The fourth-order valence-electron chi connectivity index (χ4n) is 10.1. The van der Waals surface area contributed by atoms with Gasteiger partial charge in [0.25, 0.3) is 0 Å². The molecule has 89 heavy (non-hydrogen) atoms. The van der Waals surface area contributed by atoms with Gasteiger partial charge in [-0.25, -0.2) is 4.79 Å². The van der Waals surface area contributed by atoms with Crippen LogP contribution in [-0.4, -0.2) is 132 Å². The number of amides is 8. The zero-order valence-corrected chi connectivity index (χ0v) is 52.3. The van der Waals surface area contributed by atoms with Gasteiger partial charge in [-0.05, 0) is 131 Å². The van der Waals surface area contributed by atoms with E-state index in [1.165, 1.54) is 0 Å². The van der Waals surface area contributed by atoms with E-state index in [1.54, 1.807) is 12.1 Å². The molecular formula is C67H98N12O10. The van der Waals surface area contributed by atoms with Gasteiger partial charge < -0.3 is 70.6 Å². The van der Waals surface area contributed by atoms with Crippen LogP contribution >= 0.6 is 0 Å². The van der Waals surface area contributed by atoms with Crippen LogP contribution in [0.1, 0.15) is 127 Å². The lowest BCUT2D eigenvalue weighted by Crippen LogP contribution is -2.59. The van der Waals surface area contributed by atoms with Crippen LogP contribution in [0.4, 0.5) is 0 Å². The summed E-state index contributed by atoms with van der Waals surface area (Å²) in [4.78, 5) is 124. The van der Waals surface area contributed by atoms with Crippen molar-refractivity contribution < 1.29 is 48.3 Å². The lowest BCUT2D eigenvalue weighted by molar-refractivity contribution is -0.142. The molecule has 0 radical (unpaired) electrons. The molecule has 8 amide bonds. The minimum Gasteiger partial charge on any atom is -0.480 e. The van der Waals surface area contributed by atoms with Gasteiger partial charge in [-0.1, -0.05) is 162 Å². The van der Waals surface area contributed by atoms with E-state index in [1.807, 2.05) is 137 Å². The molecule has 4 aromatic carbocycles. The summed E-state index contributed by atoms with van der Waals surface area (Å²) in [6, 6.07) is 27.0. The minimum atomic E-state index is -1.39. The van der Waals surface area contributed by atoms with E-state index in [0.717, 1.165) is 22.3 Å². The van der Waals surface area contributed by atoms with Crippen molar-refractivity contribution in [1.29, 1.82) is 0 Å². The highest BCUT2D eigenvalue weighted by atomic mass is 16.4. The van der Waals surface area contributed by atoms with E-state index in [-0.39, 0.29) is 102 Å². The first-order valence-corrected chi connectivity index (χ1v) is 31.4. The van der Waals surface area contributed by atoms with Crippen molar-refractivity contribution in [2.75, 3.05) is 19.6 Å². The summed E-state index contributed by atoms with van der Waals surface area (Å²) in [5, 5.41) is 32.6. The van der Waals surface area contributed by atoms with Crippen LogP contribution in [0.5, 0.6) is 0 Å². The first-order chi connectivity index (χ1) is 42.7. The van der Waals surface area contributed by atoms with Crippen molar-refractivity contribution in [2.45, 2.75) is 185 Å². The standard InChI is InChI=1S/C67H98N12O10/c1-44(2)39-56(78-63(84)54(35-34-46-23-10-5-11-24-46)73-59(80)50(70)41-47-25-12-6-13-26-47)64(85)74-52(31-18-9-20-36-68)61(82)72-38-21-19-32-55(67(88)89)76-62(83)53(33-22-37-69)75-65(86)57(40-45(3)4)79-66(87)58(43-49-29-16-8-17-30-49)77-60(81)51(71)42-48-27-14-7-15-28-48/h5-8,10-17,23-30,44-45,50-58H,9,18-22,31-43,68-71H2,1-4H3,(H,72,82)(H,73,80)(H,74,85)(H,75,86)(H,76,83)(H,77,81)(H,78,84)(H,79,87)(H,88,89)/t50-,51-,52-,53-,54-,55+,56-,57-,58-/m1/s1. The van der Waals surface area contributed by atoms with Crippen molar-refractivity contribution in [1.82, 2.24) is 42.5 Å². The van der Waals surface area contributed by atoms with Gasteiger partial charge in [0.15, 0.2) is 0 Å². The van der Waals surface area contributed by atoms with Gasteiger partial charge in [0.1, 0.15) is 42.3 Å². The Bertz CT molecular complexity index is 2800. The molecule has 0 aliphatic rings. The molecule has 17 N–H and O–H groups in total. The summed E-state index contributed by atoms with van der Waals surface area (Å²) in [5.74, 6) is -6.39. The molecular weight excluding hydrogens is 1130 g/mol. The van der Waals surface area contributed by atoms with Gasteiger partial charge in [0, 0.05) is 13.0 Å². The van der Waals surface area contributed by atoms with E-state index < -0.39 is 108 Å². The number of nitrogens with two attached hydrogens (primary N) is 4. The van der Waals surface area contributed by atoms with Crippen LogP contribution in [0, 0.1) is 11.8 Å². The van der Waals surface area contributed by atoms with Crippen LogP contribution in [-0.2, 0) is 68.8 Å². The number of rotatable bonds is 42. The number of carbonyl (C=O) groups excluding carboxylic acids is 8. The van der Waals surface area contributed by atoms with Gasteiger partial charge >= 0.3 is 5.97 Å². The first kappa shape index (κ1) is 73.4. The van der Waals surface area contributed by atoms with Gasteiger partial charge in [0.05, 0.1) is 12.1 Å². The highest BCUT2D eigenvalue weighted by Gasteiger charge is 2.34. The summed E-state index contributed by atoms with van der Waals surface area (Å²) in [6.45, 7) is 8.19. The van der Waals surface area contributed by atoms with Crippen molar-refractivity contribution in [3.8, 4) is 0 Å². The van der Waals surface area contributed by atoms with E-state index in [9.17, 15) is 48.3 Å². The molecule has 0 aliphatic carbocycles. The normalized spacial score (nSPS) is 14.3. The molecule has 0 unspecified atom stereocenters. The molecule has 22 heteroatoms. The van der Waals surface area contributed by atoms with E-state index in [4.69, 9.17) is 22.9 Å². The Morgan fingerprint density at radius 2 is 0.697 bits per heavy atom. The number of hydrogen-bond donors (Lipinski definition) is 13. The summed E-state index contributed by atoms with van der Waals surface area (Å²) >= 11 is 0. The number of hydrogen-bond acceptors (Lipinski definition) is 13. The second-order valence-electron chi connectivity index (χ2n) is 23.7. The van der Waals surface area contributed by atoms with Crippen LogP contribution in [0.15, 0.2) is 121 Å². The van der Waals surface area contributed by atoms with Crippen molar-refractivity contribution in [3.05, 3.63) is 144 Å². The molecule has 0 spiro atoms. The van der Waals surface area contributed by atoms with Gasteiger partial charge in [-0.3, -0.25) is 38.4 Å². The summed E-state index contributed by atoms with van der Waals surface area (Å²) in [6.07, 6.45) is 4.57. The third-order valence-corrected chi connectivity index (χ3v) is 15.1. The highest BCUT2D eigenvalue weighted by molar-refractivity contribution is 5.96. The van der Waals surface area contributed by atoms with Gasteiger partial charge in [-0.15, -0.1) is 0 Å². The fourth-order valence-corrected chi connectivity index (χ4v) is 10.1. The molecule has 22 nitrogen and oxygen atoms in total. The Morgan fingerprint density at radius 1 is 0.360 bits per heavy atom. The van der Waals surface area contributed by atoms with Crippen molar-refractivity contribution >= 4 is 53.2 Å². The number of carbonyl (C=O) groups is 9. The fraction of sp³-hybridized carbons (Fsp3) is 0.507. The topological polar surface area (TPSA) is 374 Å². The Balaban J connectivity index is 1.39. The number of aliphatic carboxylic acids is 1. The van der Waals surface area contributed by atoms with Crippen LogP contribution < -0.4 is 65.5 Å². The zero-order valence-electron chi connectivity index (χ0n) is 52.3. The Kier molecular flexibility index (Phi) is 33.4. The molecule has 0 fully saturated rings. The predicted octanol–water partition coefficient (Wildman–Crippen LogP) is 3.12. The van der Waals surface area contributed by atoms with E-state index >= 15 is 0 Å². The monoisotopic (exact) mass is 1230 g/mol. The Labute approximate surface area is 524 Å². The van der Waals surface area contributed by atoms with Crippen LogP contribution in [0.2, 0.25) is 0 Å². The molecule has 0 saturated heterocycles. The lowest BCUT2D eigenvalue weighted by atomic mass is 9.99. The maximum atomic E-state index is 14.2. The Morgan fingerprint density at radius 3 is 1.15 bits per heavy atom. The number of carboxylic acids is 1. The van der Waals surface area contributed by atoms with Gasteiger partial charge in [-0.2, -0.15) is 0 Å². The van der Waals surface area contributed by atoms with E-state index in [2.05, 4.69) is 42.5 Å². The molecule has 0 bridgehead atoms. The number of unbranched alkanes of at least 4 members (excludes halogenated alkanes) is 3. The molecule has 9 atom stereocenters. The largest absolute Gasteiger partial charge is 0.480 e. The molecule has 0 saturated carbocycles. The second-order valence-corrected chi connectivity index (χ2v) is 23.7. The third kappa shape index (κ3) is 28.3. The number of aryl methyl sites for hydroxylation is 1. The SMILES string of the molecule is CC(C)C[C@@H](NC(=O)[C@@H](CCc1ccccc1)NC(=O)[C@H](N)Cc1ccccc1)C(=O)N[C@H](CCCCCN)C(=O)NCCCC[C@H](NC(=O)[C@@H](CCCN)NC(=O)[C@@H](CC(C)C)NC(=O)[C@@H](Cc1ccccc1)NC(=O)[C@H](N)Cc1ccccc1)C(=O)O.